The van der Waals surface area contributed by atoms with Gasteiger partial charge in [0.25, 0.3) is 0 Å². The summed E-state index contributed by atoms with van der Waals surface area (Å²) in [6, 6.07) is 7.14. The number of rotatable bonds is 8. The first kappa shape index (κ1) is 26.6. The zero-order chi connectivity index (χ0) is 26.7. The Kier molecular flexibility index (Phi) is 7.82. The van der Waals surface area contributed by atoms with Gasteiger partial charge in [-0.2, -0.15) is 18.3 Å². The number of piperidine rings is 1. The number of ketones is 1. The number of nitrogens with zero attached hydrogens (tertiary/aromatic N) is 5. The number of Topliss-reactive ketones (excluding diaryl/α,β-unsaturated/α-hetero) is 1. The molecule has 37 heavy (non-hydrogen) atoms. The third kappa shape index (κ3) is 6.27. The normalized spacial score (nSPS) is 14.9. The summed E-state index contributed by atoms with van der Waals surface area (Å²) in [5.41, 5.74) is -0.279. The second kappa shape index (κ2) is 10.9. The van der Waals surface area contributed by atoms with Crippen LogP contribution in [0.1, 0.15) is 41.5 Å². The fourth-order valence-electron chi connectivity index (χ4n) is 4.54. The number of benzene rings is 1. The van der Waals surface area contributed by atoms with Gasteiger partial charge in [-0.3, -0.25) is 14.3 Å². The highest BCUT2D eigenvalue weighted by molar-refractivity contribution is 5.97. The highest BCUT2D eigenvalue weighted by Crippen LogP contribution is 2.29. The van der Waals surface area contributed by atoms with E-state index in [2.05, 4.69) is 15.0 Å². The standard InChI is InChI=1S/C26H30F3N5O3/c1-4-37-23-14-21-18(12-17(23)13-22(35)20-6-5-7-24(30-20)26(27,28)29)15-34(31-21)16-25(36)33-10-8-19(9-11-33)32(2)3/h5-7,12,14-15,19H,4,8-11,13,16H2,1-3H3. The van der Waals surface area contributed by atoms with Crippen molar-refractivity contribution in [2.45, 2.75) is 44.9 Å². The molecule has 0 saturated carbocycles. The van der Waals surface area contributed by atoms with Crippen LogP contribution in [0, 0.1) is 0 Å². The van der Waals surface area contributed by atoms with Crippen LogP contribution < -0.4 is 4.74 Å². The number of alkyl halides is 3. The Morgan fingerprint density at radius 2 is 1.89 bits per heavy atom. The molecule has 1 saturated heterocycles. The Bertz CT molecular complexity index is 1280. The van der Waals surface area contributed by atoms with Crippen molar-refractivity contribution in [1.82, 2.24) is 24.6 Å². The van der Waals surface area contributed by atoms with Crippen molar-refractivity contribution in [1.29, 1.82) is 0 Å². The summed E-state index contributed by atoms with van der Waals surface area (Å²) in [4.78, 5) is 33.2. The van der Waals surface area contributed by atoms with Crippen molar-refractivity contribution in [3.05, 3.63) is 53.5 Å². The van der Waals surface area contributed by atoms with E-state index in [9.17, 15) is 22.8 Å². The zero-order valence-corrected chi connectivity index (χ0v) is 21.1. The SMILES string of the molecule is CCOc1cc2nn(CC(=O)N3CCC(N(C)C)CC3)cc2cc1CC(=O)c1cccc(C(F)(F)F)n1. The molecule has 1 aromatic carbocycles. The molecule has 1 aliphatic heterocycles. The van der Waals surface area contributed by atoms with Gasteiger partial charge in [-0.25, -0.2) is 4.98 Å². The Labute approximate surface area is 213 Å². The van der Waals surface area contributed by atoms with E-state index in [1.807, 2.05) is 19.0 Å². The molecule has 0 bridgehead atoms. The summed E-state index contributed by atoms with van der Waals surface area (Å²) in [5, 5.41) is 5.21. The van der Waals surface area contributed by atoms with Crippen LogP contribution >= 0.6 is 0 Å². The Balaban J connectivity index is 1.52. The van der Waals surface area contributed by atoms with E-state index in [-0.39, 0.29) is 24.6 Å². The number of likely N-dealkylation sites (tertiary alicyclic amines) is 1. The smallest absolute Gasteiger partial charge is 0.433 e. The van der Waals surface area contributed by atoms with Crippen molar-refractivity contribution in [2.75, 3.05) is 33.8 Å². The minimum atomic E-state index is -4.64. The molecular weight excluding hydrogens is 487 g/mol. The van der Waals surface area contributed by atoms with Gasteiger partial charge >= 0.3 is 6.18 Å². The van der Waals surface area contributed by atoms with Crippen molar-refractivity contribution < 1.29 is 27.5 Å². The first-order valence-electron chi connectivity index (χ1n) is 12.2. The number of hydrogen-bond donors (Lipinski definition) is 0. The Morgan fingerprint density at radius 3 is 2.54 bits per heavy atom. The van der Waals surface area contributed by atoms with Crippen LogP contribution in [0.3, 0.4) is 0 Å². The molecule has 1 aliphatic rings. The molecule has 3 heterocycles. The topological polar surface area (TPSA) is 80.6 Å². The van der Waals surface area contributed by atoms with Crippen molar-refractivity contribution in [2.24, 2.45) is 0 Å². The Hall–Kier alpha value is -3.47. The molecule has 3 aromatic rings. The average molecular weight is 518 g/mol. The van der Waals surface area contributed by atoms with E-state index < -0.39 is 17.7 Å². The van der Waals surface area contributed by atoms with Crippen LogP contribution in [-0.4, -0.2) is 76.1 Å². The lowest BCUT2D eigenvalue weighted by atomic mass is 10.0. The second-order valence-electron chi connectivity index (χ2n) is 9.36. The molecule has 1 fully saturated rings. The predicted octanol–water partition coefficient (Wildman–Crippen LogP) is 3.83. The lowest BCUT2D eigenvalue weighted by Crippen LogP contribution is -2.45. The quantitative estimate of drug-likeness (QED) is 0.423. The second-order valence-corrected chi connectivity index (χ2v) is 9.36. The highest BCUT2D eigenvalue weighted by atomic mass is 19.4. The van der Waals surface area contributed by atoms with Crippen LogP contribution in [0.4, 0.5) is 13.2 Å². The largest absolute Gasteiger partial charge is 0.494 e. The van der Waals surface area contributed by atoms with Gasteiger partial charge in [0.05, 0.1) is 12.1 Å². The van der Waals surface area contributed by atoms with E-state index in [1.54, 1.807) is 29.9 Å². The molecule has 0 aliphatic carbocycles. The molecule has 0 spiro atoms. The monoisotopic (exact) mass is 517 g/mol. The molecule has 11 heteroatoms. The molecule has 4 rings (SSSR count). The first-order valence-corrected chi connectivity index (χ1v) is 12.2. The third-order valence-electron chi connectivity index (χ3n) is 6.55. The molecular formula is C26H30F3N5O3. The summed E-state index contributed by atoms with van der Waals surface area (Å²) < 4.78 is 46.3. The number of amides is 1. The first-order chi connectivity index (χ1) is 17.5. The zero-order valence-electron chi connectivity index (χ0n) is 21.1. The molecule has 2 aromatic heterocycles. The van der Waals surface area contributed by atoms with E-state index in [0.29, 0.717) is 48.0 Å². The van der Waals surface area contributed by atoms with E-state index in [4.69, 9.17) is 4.74 Å². The van der Waals surface area contributed by atoms with Gasteiger partial charge in [0.2, 0.25) is 5.91 Å². The van der Waals surface area contributed by atoms with Gasteiger partial charge in [-0.1, -0.05) is 6.07 Å². The van der Waals surface area contributed by atoms with Crippen LogP contribution in [0.5, 0.6) is 5.75 Å². The number of hydrogen-bond acceptors (Lipinski definition) is 6. The molecule has 1 amide bonds. The highest BCUT2D eigenvalue weighted by Gasteiger charge is 2.33. The predicted molar refractivity (Wildman–Crippen MR) is 131 cm³/mol. The lowest BCUT2D eigenvalue weighted by molar-refractivity contribution is -0.141. The maximum atomic E-state index is 13.0. The van der Waals surface area contributed by atoms with Crippen LogP contribution in [-0.2, 0) is 23.9 Å². The van der Waals surface area contributed by atoms with E-state index >= 15 is 0 Å². The van der Waals surface area contributed by atoms with Crippen LogP contribution in [0.25, 0.3) is 10.9 Å². The van der Waals surface area contributed by atoms with Crippen LogP contribution in [0.2, 0.25) is 0 Å². The summed E-state index contributed by atoms with van der Waals surface area (Å²) >= 11 is 0. The van der Waals surface area contributed by atoms with Gasteiger partial charge in [0, 0.05) is 48.8 Å². The Morgan fingerprint density at radius 1 is 1.16 bits per heavy atom. The van der Waals surface area contributed by atoms with Gasteiger partial charge in [-0.15, -0.1) is 0 Å². The molecule has 0 radical (unpaired) electrons. The molecule has 198 valence electrons. The number of aromatic nitrogens is 3. The number of pyridine rings is 1. The molecule has 0 N–H and O–H groups in total. The van der Waals surface area contributed by atoms with Gasteiger partial charge in [0.1, 0.15) is 23.7 Å². The van der Waals surface area contributed by atoms with Crippen molar-refractivity contribution >= 4 is 22.6 Å². The molecule has 0 atom stereocenters. The fraction of sp³-hybridized carbons (Fsp3) is 0.462. The number of fused-ring (bicyclic) bond motifs is 1. The van der Waals surface area contributed by atoms with E-state index in [0.717, 1.165) is 18.9 Å². The minimum absolute atomic E-state index is 0.0129. The summed E-state index contributed by atoms with van der Waals surface area (Å²) in [5.74, 6) is -0.158. The minimum Gasteiger partial charge on any atom is -0.494 e. The lowest BCUT2D eigenvalue weighted by Gasteiger charge is -2.35. The molecule has 8 nitrogen and oxygen atoms in total. The fourth-order valence-corrected chi connectivity index (χ4v) is 4.54. The number of ether oxygens (including phenoxy) is 1. The van der Waals surface area contributed by atoms with Crippen molar-refractivity contribution in [3.8, 4) is 5.75 Å². The summed E-state index contributed by atoms with van der Waals surface area (Å²) in [6.07, 6.45) is -1.25. The van der Waals surface area contributed by atoms with Gasteiger partial charge < -0.3 is 14.5 Å². The molecule has 0 unspecified atom stereocenters. The van der Waals surface area contributed by atoms with E-state index in [1.165, 1.54) is 12.1 Å². The number of carbonyl (C=O) groups excluding carboxylic acids is 2. The van der Waals surface area contributed by atoms with Gasteiger partial charge in [-0.05, 0) is 52.1 Å². The summed E-state index contributed by atoms with van der Waals surface area (Å²) in [6.45, 7) is 3.62. The maximum Gasteiger partial charge on any atom is 0.433 e. The third-order valence-corrected chi connectivity index (χ3v) is 6.55. The van der Waals surface area contributed by atoms with Gasteiger partial charge in [0.15, 0.2) is 5.78 Å². The van der Waals surface area contributed by atoms with Crippen molar-refractivity contribution in [3.63, 3.8) is 0 Å². The van der Waals surface area contributed by atoms with Crippen LogP contribution in [0.15, 0.2) is 36.5 Å². The maximum absolute atomic E-state index is 13.0. The number of halogens is 3. The average Bonchev–Trinajstić information content (AvgIpc) is 3.24. The summed E-state index contributed by atoms with van der Waals surface area (Å²) in [7, 11) is 4.10. The number of carbonyl (C=O) groups is 2.